The van der Waals surface area contributed by atoms with Crippen molar-refractivity contribution in [3.8, 4) is 5.75 Å². The fraction of sp³-hybridized carbons (Fsp3) is 0.639. The zero-order chi connectivity index (χ0) is 35.2. The van der Waals surface area contributed by atoms with Crippen LogP contribution in [0.5, 0.6) is 5.75 Å². The summed E-state index contributed by atoms with van der Waals surface area (Å²) in [6.07, 6.45) is 6.04. The number of carbonyl (C=O) groups excluding carboxylic acids is 4. The fourth-order valence-electron chi connectivity index (χ4n) is 5.98. The highest BCUT2D eigenvalue weighted by Crippen LogP contribution is 2.24. The second kappa shape index (κ2) is 19.5. The number of thiazole rings is 1. The van der Waals surface area contributed by atoms with Crippen LogP contribution in [0.3, 0.4) is 0 Å². The molecule has 11 nitrogen and oxygen atoms in total. The first-order valence-electron chi connectivity index (χ1n) is 17.4. The number of aromatic hydroxyl groups is 1. The van der Waals surface area contributed by atoms with E-state index in [-0.39, 0.29) is 66.5 Å². The average Bonchev–Trinajstić information content (AvgIpc) is 3.54. The molecular weight excluding hydrogens is 630 g/mol. The summed E-state index contributed by atoms with van der Waals surface area (Å²) < 4.78 is 5.63. The molecule has 0 aliphatic carbocycles. The van der Waals surface area contributed by atoms with Crippen LogP contribution in [0.2, 0.25) is 0 Å². The van der Waals surface area contributed by atoms with Crippen molar-refractivity contribution in [2.45, 2.75) is 111 Å². The second-order valence-electron chi connectivity index (χ2n) is 13.2. The third-order valence-corrected chi connectivity index (χ3v) is 10.1. The molecule has 12 heteroatoms. The predicted molar refractivity (Wildman–Crippen MR) is 188 cm³/mol. The van der Waals surface area contributed by atoms with E-state index in [1.165, 1.54) is 11.3 Å². The number of hydrogen-bond acceptors (Lipinski definition) is 9. The number of likely N-dealkylation sites (N-methyl/N-ethyl adjacent to an activating group) is 1. The number of aromatic nitrogens is 1. The van der Waals surface area contributed by atoms with Gasteiger partial charge >= 0.3 is 5.97 Å². The Morgan fingerprint density at radius 3 is 2.48 bits per heavy atom. The molecule has 2 unspecified atom stereocenters. The number of amides is 3. The van der Waals surface area contributed by atoms with Crippen molar-refractivity contribution in [1.82, 2.24) is 25.4 Å². The molecule has 4 atom stereocenters. The number of rotatable bonds is 18. The smallest absolute Gasteiger partial charge is 0.307 e. The standard InChI is InChI=1S/C36H55N5O6S/c1-7-11-32(43)47-23-41(36(46)33(25(5)8-2)39-35(45)30-12-9-10-21-40(30)6)29(24(3)4)17-18-31-38-28(22-48-31)34(44)37-20-19-26-13-15-27(42)16-14-26/h13-16,22,24-25,29-30,33,42H,7-12,17-21,23H2,1-6H3,(H,37,44)(H,39,45)/t25?,29-,30-,33?/m1/s1. The number of aryl methyl sites for hydroxylation is 1. The van der Waals surface area contributed by atoms with Gasteiger partial charge in [0.25, 0.3) is 5.91 Å². The molecule has 3 N–H and O–H groups in total. The lowest BCUT2D eigenvalue weighted by Crippen LogP contribution is -2.59. The van der Waals surface area contributed by atoms with Gasteiger partial charge in [0.2, 0.25) is 11.8 Å². The van der Waals surface area contributed by atoms with Gasteiger partial charge in [0, 0.05) is 30.8 Å². The number of esters is 1. The van der Waals surface area contributed by atoms with Gasteiger partial charge in [-0.25, -0.2) is 4.98 Å². The topological polar surface area (TPSA) is 141 Å². The van der Waals surface area contributed by atoms with Gasteiger partial charge in [0.15, 0.2) is 6.73 Å². The first-order valence-corrected chi connectivity index (χ1v) is 18.3. The molecule has 48 heavy (non-hydrogen) atoms. The molecule has 2 aromatic rings. The maximum absolute atomic E-state index is 14.4. The summed E-state index contributed by atoms with van der Waals surface area (Å²) in [6, 6.07) is 5.53. The van der Waals surface area contributed by atoms with E-state index in [0.29, 0.717) is 44.3 Å². The molecule has 266 valence electrons. The quantitative estimate of drug-likeness (QED) is 0.148. The van der Waals surface area contributed by atoms with E-state index in [2.05, 4.69) is 20.5 Å². The maximum atomic E-state index is 14.4. The summed E-state index contributed by atoms with van der Waals surface area (Å²) in [4.78, 5) is 61.4. The van der Waals surface area contributed by atoms with E-state index in [1.807, 2.05) is 53.8 Å². The fourth-order valence-corrected chi connectivity index (χ4v) is 6.78. The molecular formula is C36H55N5O6S. The monoisotopic (exact) mass is 685 g/mol. The molecule has 0 radical (unpaired) electrons. The molecule has 1 aliphatic rings. The summed E-state index contributed by atoms with van der Waals surface area (Å²) in [5.74, 6) is -0.945. The van der Waals surface area contributed by atoms with Gasteiger partial charge in [-0.1, -0.05) is 59.6 Å². The Balaban J connectivity index is 1.73. The summed E-state index contributed by atoms with van der Waals surface area (Å²) in [6.45, 7) is 11.0. The molecule has 3 amide bonds. The summed E-state index contributed by atoms with van der Waals surface area (Å²) in [5, 5.41) is 18.0. The summed E-state index contributed by atoms with van der Waals surface area (Å²) in [5.41, 5.74) is 1.35. The van der Waals surface area contributed by atoms with Gasteiger partial charge in [0.05, 0.1) is 11.0 Å². The molecule has 0 spiro atoms. The number of benzene rings is 1. The van der Waals surface area contributed by atoms with Crippen molar-refractivity contribution in [2.24, 2.45) is 11.8 Å². The first-order chi connectivity index (χ1) is 22.9. The molecule has 1 aliphatic heterocycles. The van der Waals surface area contributed by atoms with Crippen molar-refractivity contribution in [3.63, 3.8) is 0 Å². The summed E-state index contributed by atoms with van der Waals surface area (Å²) >= 11 is 1.40. The zero-order valence-corrected chi connectivity index (χ0v) is 30.3. The molecule has 1 saturated heterocycles. The van der Waals surface area contributed by atoms with Gasteiger partial charge in [0.1, 0.15) is 17.5 Å². The number of ether oxygens (including phenoxy) is 1. The number of carbonyl (C=O) groups is 4. The van der Waals surface area contributed by atoms with Gasteiger partial charge in [-0.3, -0.25) is 24.1 Å². The molecule has 1 fully saturated rings. The van der Waals surface area contributed by atoms with Gasteiger partial charge in [-0.15, -0.1) is 11.3 Å². The number of phenols is 1. The van der Waals surface area contributed by atoms with Crippen LogP contribution < -0.4 is 10.6 Å². The normalized spacial score (nSPS) is 16.9. The Kier molecular flexibility index (Phi) is 15.8. The lowest BCUT2D eigenvalue weighted by Gasteiger charge is -2.39. The SMILES string of the molecule is CCCC(=O)OCN(C(=O)C(NC(=O)[C@H]1CCCCN1C)C(C)CC)[C@H](CCc1nc(C(=O)NCCc2ccc(O)cc2)cs1)C(C)C. The van der Waals surface area contributed by atoms with Crippen molar-refractivity contribution in [1.29, 1.82) is 0 Å². The molecule has 1 aromatic carbocycles. The molecule has 0 saturated carbocycles. The highest BCUT2D eigenvalue weighted by atomic mass is 32.1. The van der Waals surface area contributed by atoms with Crippen LogP contribution in [-0.2, 0) is 32.0 Å². The van der Waals surface area contributed by atoms with Crippen LogP contribution in [-0.4, -0.2) is 88.6 Å². The third kappa shape index (κ3) is 11.6. The number of nitrogens with one attached hydrogen (secondary N) is 2. The Labute approximate surface area is 289 Å². The van der Waals surface area contributed by atoms with E-state index in [1.54, 1.807) is 22.4 Å². The minimum Gasteiger partial charge on any atom is -0.508 e. The maximum Gasteiger partial charge on any atom is 0.307 e. The van der Waals surface area contributed by atoms with E-state index in [0.717, 1.165) is 36.4 Å². The van der Waals surface area contributed by atoms with Crippen molar-refractivity contribution in [2.75, 3.05) is 26.9 Å². The van der Waals surface area contributed by atoms with Gasteiger partial charge < -0.3 is 25.4 Å². The highest BCUT2D eigenvalue weighted by Gasteiger charge is 2.37. The van der Waals surface area contributed by atoms with E-state index >= 15 is 0 Å². The first kappa shape index (κ1) is 38.9. The van der Waals surface area contributed by atoms with Crippen molar-refractivity contribution < 1.29 is 29.0 Å². The largest absolute Gasteiger partial charge is 0.508 e. The van der Waals surface area contributed by atoms with Crippen LogP contribution in [0.15, 0.2) is 29.6 Å². The Morgan fingerprint density at radius 1 is 1.10 bits per heavy atom. The van der Waals surface area contributed by atoms with Crippen LogP contribution in [0.25, 0.3) is 0 Å². The van der Waals surface area contributed by atoms with Crippen LogP contribution in [0, 0.1) is 11.8 Å². The Bertz CT molecular complexity index is 1330. The van der Waals surface area contributed by atoms with Crippen LogP contribution >= 0.6 is 11.3 Å². The number of likely N-dealkylation sites (tertiary alicyclic amines) is 1. The highest BCUT2D eigenvalue weighted by molar-refractivity contribution is 7.09. The molecule has 0 bridgehead atoms. The van der Waals surface area contributed by atoms with E-state index < -0.39 is 6.04 Å². The van der Waals surface area contributed by atoms with Gasteiger partial charge in [-0.2, -0.15) is 0 Å². The zero-order valence-electron chi connectivity index (χ0n) is 29.5. The second-order valence-corrected chi connectivity index (χ2v) is 14.2. The van der Waals surface area contributed by atoms with Crippen LogP contribution in [0.4, 0.5) is 0 Å². The lowest BCUT2D eigenvalue weighted by atomic mass is 9.93. The van der Waals surface area contributed by atoms with Gasteiger partial charge in [-0.05, 0) is 75.2 Å². The average molecular weight is 686 g/mol. The number of nitrogens with zero attached hydrogens (tertiary/aromatic N) is 3. The number of piperidine rings is 1. The third-order valence-electron chi connectivity index (χ3n) is 9.20. The number of phenolic OH excluding ortho intramolecular Hbond substituents is 1. The predicted octanol–water partition coefficient (Wildman–Crippen LogP) is 4.92. The summed E-state index contributed by atoms with van der Waals surface area (Å²) in [7, 11) is 1.95. The Hall–Kier alpha value is -3.51. The molecule has 3 rings (SSSR count). The van der Waals surface area contributed by atoms with E-state index in [9.17, 15) is 24.3 Å². The van der Waals surface area contributed by atoms with Crippen LogP contribution in [0.1, 0.15) is 101 Å². The molecule has 1 aromatic heterocycles. The minimum absolute atomic E-state index is 0.0132. The van der Waals surface area contributed by atoms with Crippen molar-refractivity contribution >= 4 is 35.0 Å². The number of hydrogen-bond donors (Lipinski definition) is 3. The van der Waals surface area contributed by atoms with Crippen molar-refractivity contribution in [3.05, 3.63) is 45.9 Å². The minimum atomic E-state index is -0.763. The Morgan fingerprint density at radius 2 is 1.83 bits per heavy atom. The lowest BCUT2D eigenvalue weighted by molar-refractivity contribution is -0.159. The molecule has 2 heterocycles. The van der Waals surface area contributed by atoms with E-state index in [4.69, 9.17) is 4.74 Å².